The normalized spacial score (nSPS) is 13.2. The number of Topliss-reactive ketones (excluding diaryl/α,β-unsaturated/α-hetero) is 1. The Labute approximate surface area is 128 Å². The highest BCUT2D eigenvalue weighted by Gasteiger charge is 2.40. The highest BCUT2D eigenvalue weighted by atomic mass is 16.4. The van der Waals surface area contributed by atoms with E-state index in [0.29, 0.717) is 13.0 Å². The lowest BCUT2D eigenvalue weighted by molar-refractivity contribution is -0.165. The minimum atomic E-state index is -2.36. The number of aliphatic carboxylic acids is 1. The predicted molar refractivity (Wildman–Crippen MR) is 78.1 cm³/mol. The zero-order chi connectivity index (χ0) is 16.8. The van der Waals surface area contributed by atoms with Crippen LogP contribution in [0.3, 0.4) is 0 Å². The number of aliphatic hydroxyl groups is 1. The number of carboxylic acid groups (broad SMARTS) is 1. The quantitative estimate of drug-likeness (QED) is 0.713. The van der Waals surface area contributed by atoms with Gasteiger partial charge in [0.2, 0.25) is 5.91 Å². The van der Waals surface area contributed by atoms with Gasteiger partial charge in [-0.25, -0.2) is 4.79 Å². The number of nitrogens with zero attached hydrogens (tertiary/aromatic N) is 2. The number of pyridine rings is 1. The van der Waals surface area contributed by atoms with Gasteiger partial charge in [-0.15, -0.1) is 0 Å². The third-order valence-electron chi connectivity index (χ3n) is 3.24. The van der Waals surface area contributed by atoms with Crippen LogP contribution in [0.15, 0.2) is 24.4 Å². The minimum Gasteiger partial charge on any atom is -0.479 e. The summed E-state index contributed by atoms with van der Waals surface area (Å²) in [6, 6.07) is 5.44. The first kappa shape index (κ1) is 17.8. The summed E-state index contributed by atoms with van der Waals surface area (Å²) < 4.78 is 0. The van der Waals surface area contributed by atoms with E-state index in [4.69, 9.17) is 5.11 Å². The van der Waals surface area contributed by atoms with E-state index in [0.717, 1.165) is 5.69 Å². The number of likely N-dealkylation sites (N-methyl/N-ethyl adjacent to an activating group) is 1. The number of hydrogen-bond acceptors (Lipinski definition) is 5. The fourth-order valence-corrected chi connectivity index (χ4v) is 1.96. The molecule has 0 fully saturated rings. The van der Waals surface area contributed by atoms with Crippen LogP contribution in [-0.4, -0.2) is 57.0 Å². The molecule has 0 bridgehead atoms. The Kier molecular flexibility index (Phi) is 6.18. The maximum absolute atomic E-state index is 12.0. The van der Waals surface area contributed by atoms with Gasteiger partial charge < -0.3 is 15.1 Å². The molecule has 0 saturated heterocycles. The lowest BCUT2D eigenvalue weighted by atomic mass is 9.93. The van der Waals surface area contributed by atoms with E-state index in [2.05, 4.69) is 4.98 Å². The topological polar surface area (TPSA) is 108 Å². The van der Waals surface area contributed by atoms with Gasteiger partial charge in [0.1, 0.15) is 5.78 Å². The van der Waals surface area contributed by atoms with Crippen molar-refractivity contribution in [2.45, 2.75) is 31.8 Å². The van der Waals surface area contributed by atoms with Gasteiger partial charge in [-0.2, -0.15) is 0 Å². The molecule has 0 aliphatic carbocycles. The number of ketones is 1. The van der Waals surface area contributed by atoms with Gasteiger partial charge in [0.05, 0.1) is 6.42 Å². The van der Waals surface area contributed by atoms with E-state index < -0.39 is 36.1 Å². The lowest BCUT2D eigenvalue weighted by Crippen LogP contribution is -2.45. The standard InChI is InChI=1S/C15H20N2O5/c1-11(18)9-15(22,14(20)21)10-13(19)17(2)8-6-12-5-3-4-7-16-12/h3-5,7,22H,6,8-10H2,1-2H3,(H,20,21). The van der Waals surface area contributed by atoms with Crippen molar-refractivity contribution >= 4 is 17.7 Å². The number of hydrogen-bond donors (Lipinski definition) is 2. The molecule has 1 rings (SSSR count). The number of carbonyl (C=O) groups is 3. The third kappa shape index (κ3) is 5.25. The van der Waals surface area contributed by atoms with Crippen molar-refractivity contribution in [2.24, 2.45) is 0 Å². The molecular weight excluding hydrogens is 288 g/mol. The zero-order valence-corrected chi connectivity index (χ0v) is 12.7. The number of aromatic nitrogens is 1. The molecule has 1 unspecified atom stereocenters. The van der Waals surface area contributed by atoms with Crippen molar-refractivity contribution in [3.63, 3.8) is 0 Å². The molecule has 1 heterocycles. The summed E-state index contributed by atoms with van der Waals surface area (Å²) in [5, 5.41) is 19.0. The second-order valence-electron chi connectivity index (χ2n) is 5.28. The first-order valence-corrected chi connectivity index (χ1v) is 6.83. The Hall–Kier alpha value is -2.28. The fraction of sp³-hybridized carbons (Fsp3) is 0.467. The molecule has 0 aliphatic rings. The van der Waals surface area contributed by atoms with Gasteiger partial charge in [0.15, 0.2) is 5.60 Å². The van der Waals surface area contributed by atoms with Gasteiger partial charge in [0, 0.05) is 38.3 Å². The summed E-state index contributed by atoms with van der Waals surface area (Å²) in [5.41, 5.74) is -1.55. The van der Waals surface area contributed by atoms with E-state index >= 15 is 0 Å². The van der Waals surface area contributed by atoms with Gasteiger partial charge in [-0.05, 0) is 19.1 Å². The van der Waals surface area contributed by atoms with Crippen LogP contribution in [-0.2, 0) is 20.8 Å². The summed E-state index contributed by atoms with van der Waals surface area (Å²) >= 11 is 0. The van der Waals surface area contributed by atoms with Gasteiger partial charge in [-0.1, -0.05) is 6.07 Å². The summed E-state index contributed by atoms with van der Waals surface area (Å²) in [7, 11) is 1.52. The van der Waals surface area contributed by atoms with Crippen LogP contribution in [0.2, 0.25) is 0 Å². The molecule has 7 nitrogen and oxygen atoms in total. The Morgan fingerprint density at radius 2 is 1.95 bits per heavy atom. The Morgan fingerprint density at radius 1 is 1.27 bits per heavy atom. The number of carbonyl (C=O) groups excluding carboxylic acids is 2. The molecule has 22 heavy (non-hydrogen) atoms. The van der Waals surface area contributed by atoms with Gasteiger partial charge in [-0.3, -0.25) is 14.6 Å². The maximum atomic E-state index is 12.0. The number of amides is 1. The molecule has 2 N–H and O–H groups in total. The van der Waals surface area contributed by atoms with E-state index in [1.165, 1.54) is 18.9 Å². The highest BCUT2D eigenvalue weighted by Crippen LogP contribution is 2.18. The SMILES string of the molecule is CC(=O)CC(O)(CC(=O)N(C)CCc1ccccn1)C(=O)O. The molecule has 0 spiro atoms. The lowest BCUT2D eigenvalue weighted by Gasteiger charge is -2.25. The summed E-state index contributed by atoms with van der Waals surface area (Å²) in [6.07, 6.45) is 0.928. The second kappa shape index (κ2) is 7.65. The van der Waals surface area contributed by atoms with Crippen molar-refractivity contribution in [3.05, 3.63) is 30.1 Å². The van der Waals surface area contributed by atoms with Crippen molar-refractivity contribution in [1.82, 2.24) is 9.88 Å². The van der Waals surface area contributed by atoms with Crippen molar-refractivity contribution in [1.29, 1.82) is 0 Å². The largest absolute Gasteiger partial charge is 0.479 e. The van der Waals surface area contributed by atoms with Crippen LogP contribution >= 0.6 is 0 Å². The molecular formula is C15H20N2O5. The molecule has 0 aromatic carbocycles. The third-order valence-corrected chi connectivity index (χ3v) is 3.24. The summed E-state index contributed by atoms with van der Waals surface area (Å²) in [6.45, 7) is 1.51. The van der Waals surface area contributed by atoms with E-state index in [9.17, 15) is 19.5 Å². The molecule has 1 atom stereocenters. The zero-order valence-electron chi connectivity index (χ0n) is 12.7. The van der Waals surface area contributed by atoms with Gasteiger partial charge in [0.25, 0.3) is 0 Å². The van der Waals surface area contributed by atoms with E-state index in [-0.39, 0.29) is 0 Å². The Bertz CT molecular complexity index is 546. The molecule has 0 aliphatic heterocycles. The first-order valence-electron chi connectivity index (χ1n) is 6.83. The highest BCUT2D eigenvalue weighted by molar-refractivity contribution is 5.91. The smallest absolute Gasteiger partial charge is 0.336 e. The van der Waals surface area contributed by atoms with Crippen LogP contribution in [0.1, 0.15) is 25.5 Å². The Balaban J connectivity index is 2.61. The van der Waals surface area contributed by atoms with Gasteiger partial charge >= 0.3 is 5.97 Å². The van der Waals surface area contributed by atoms with Crippen molar-refractivity contribution < 1.29 is 24.6 Å². The van der Waals surface area contributed by atoms with E-state index in [1.54, 1.807) is 12.3 Å². The molecule has 1 aromatic heterocycles. The number of carboxylic acids is 1. The molecule has 0 radical (unpaired) electrons. The molecule has 1 aromatic rings. The van der Waals surface area contributed by atoms with E-state index in [1.807, 2.05) is 12.1 Å². The fourth-order valence-electron chi connectivity index (χ4n) is 1.96. The number of rotatable bonds is 8. The monoisotopic (exact) mass is 308 g/mol. The van der Waals surface area contributed by atoms with Crippen LogP contribution in [0.4, 0.5) is 0 Å². The Morgan fingerprint density at radius 3 is 2.45 bits per heavy atom. The molecule has 1 amide bonds. The maximum Gasteiger partial charge on any atom is 0.336 e. The average Bonchev–Trinajstić information content (AvgIpc) is 2.44. The minimum absolute atomic E-state index is 0.339. The van der Waals surface area contributed by atoms with Crippen LogP contribution in [0.25, 0.3) is 0 Å². The van der Waals surface area contributed by atoms with Crippen molar-refractivity contribution in [3.8, 4) is 0 Å². The molecule has 120 valence electrons. The summed E-state index contributed by atoms with van der Waals surface area (Å²) in [4.78, 5) is 39.7. The van der Waals surface area contributed by atoms with Crippen LogP contribution in [0, 0.1) is 0 Å². The predicted octanol–water partition coefficient (Wildman–Crippen LogP) is 0.267. The summed E-state index contributed by atoms with van der Waals surface area (Å²) in [5.74, 6) is -2.61. The van der Waals surface area contributed by atoms with Crippen LogP contribution < -0.4 is 0 Å². The molecule has 0 saturated carbocycles. The molecule has 7 heteroatoms. The first-order chi connectivity index (χ1) is 10.2. The second-order valence-corrected chi connectivity index (χ2v) is 5.28. The van der Waals surface area contributed by atoms with Crippen LogP contribution in [0.5, 0.6) is 0 Å². The van der Waals surface area contributed by atoms with Crippen molar-refractivity contribution in [2.75, 3.05) is 13.6 Å². The average molecular weight is 308 g/mol.